The lowest BCUT2D eigenvalue weighted by molar-refractivity contribution is 0.0585. The van der Waals surface area contributed by atoms with Crippen LogP contribution in [0.15, 0.2) is 24.3 Å². The van der Waals surface area contributed by atoms with Gasteiger partial charge < -0.3 is 4.90 Å². The summed E-state index contributed by atoms with van der Waals surface area (Å²) in [6.45, 7) is 4.90. The zero-order valence-corrected chi connectivity index (χ0v) is 15.9. The zero-order chi connectivity index (χ0) is 17.7. The maximum atomic E-state index is 13.1. The summed E-state index contributed by atoms with van der Waals surface area (Å²) in [5, 5.41) is 4.03. The number of aryl methyl sites for hydroxylation is 1. The molecule has 1 aliphatic carbocycles. The third kappa shape index (κ3) is 2.76. The van der Waals surface area contributed by atoms with Crippen molar-refractivity contribution in [3.63, 3.8) is 0 Å². The van der Waals surface area contributed by atoms with E-state index in [-0.39, 0.29) is 5.91 Å². The number of amides is 1. The third-order valence-corrected chi connectivity index (χ3v) is 7.21. The lowest BCUT2D eigenvalue weighted by Crippen LogP contribution is -2.48. The van der Waals surface area contributed by atoms with Crippen LogP contribution in [0.25, 0.3) is 0 Å². The van der Waals surface area contributed by atoms with Crippen LogP contribution in [0.3, 0.4) is 0 Å². The lowest BCUT2D eigenvalue weighted by atomic mass is 9.95. The first kappa shape index (κ1) is 16.4. The van der Waals surface area contributed by atoms with E-state index in [1.165, 1.54) is 29.1 Å². The highest BCUT2D eigenvalue weighted by atomic mass is 32.1. The van der Waals surface area contributed by atoms with Crippen molar-refractivity contribution in [2.24, 2.45) is 5.92 Å². The van der Waals surface area contributed by atoms with Crippen LogP contribution in [-0.2, 0) is 12.8 Å². The van der Waals surface area contributed by atoms with Gasteiger partial charge in [0.25, 0.3) is 5.91 Å². The first-order valence-electron chi connectivity index (χ1n) is 9.60. The Bertz CT molecular complexity index is 810. The molecule has 1 aromatic heterocycles. The van der Waals surface area contributed by atoms with Crippen LogP contribution in [0.5, 0.6) is 0 Å². The molecule has 4 aliphatic rings. The number of fused-ring (bicyclic) bond motifs is 5. The number of hydrogen-bond donors (Lipinski definition) is 0. The molecule has 0 spiro atoms. The van der Waals surface area contributed by atoms with E-state index >= 15 is 0 Å². The second kappa shape index (κ2) is 6.43. The minimum absolute atomic E-state index is 0.142. The summed E-state index contributed by atoms with van der Waals surface area (Å²) in [6.07, 6.45) is 4.67. The van der Waals surface area contributed by atoms with Crippen molar-refractivity contribution in [2.75, 3.05) is 19.6 Å². The van der Waals surface area contributed by atoms with E-state index < -0.39 is 0 Å². The van der Waals surface area contributed by atoms with Gasteiger partial charge in [0.05, 0.1) is 5.69 Å². The van der Waals surface area contributed by atoms with Crippen LogP contribution in [0.1, 0.15) is 39.3 Å². The Morgan fingerprint density at radius 1 is 1.08 bits per heavy atom. The van der Waals surface area contributed by atoms with Crippen LogP contribution in [-0.4, -0.2) is 57.0 Å². The van der Waals surface area contributed by atoms with E-state index in [2.05, 4.69) is 43.7 Å². The van der Waals surface area contributed by atoms with Crippen molar-refractivity contribution in [3.05, 3.63) is 46.0 Å². The average Bonchev–Trinajstić information content (AvgIpc) is 3.17. The number of aromatic nitrogens is 2. The molecule has 6 rings (SSSR count). The molecule has 1 aromatic carbocycles. The lowest BCUT2D eigenvalue weighted by Gasteiger charge is -2.36. The molecule has 136 valence electrons. The molecule has 3 fully saturated rings. The fourth-order valence-electron chi connectivity index (χ4n) is 5.02. The quantitative estimate of drug-likeness (QED) is 0.817. The number of carbonyl (C=O) groups excluding carboxylic acids is 1. The van der Waals surface area contributed by atoms with Crippen LogP contribution < -0.4 is 0 Å². The van der Waals surface area contributed by atoms with E-state index in [1.54, 1.807) is 0 Å². The van der Waals surface area contributed by atoms with Gasteiger partial charge in [0.2, 0.25) is 0 Å². The first-order chi connectivity index (χ1) is 12.7. The molecule has 3 aliphatic heterocycles. The number of nitrogens with zero attached hydrogens (tertiary/aromatic N) is 4. The summed E-state index contributed by atoms with van der Waals surface area (Å²) in [7, 11) is 0. The van der Waals surface area contributed by atoms with Crippen molar-refractivity contribution in [1.29, 1.82) is 0 Å². The van der Waals surface area contributed by atoms with E-state index in [0.717, 1.165) is 49.5 Å². The highest BCUT2D eigenvalue weighted by Gasteiger charge is 2.41. The van der Waals surface area contributed by atoms with Gasteiger partial charge in [0, 0.05) is 31.7 Å². The SMILES string of the molecule is Cc1nnsc1C(=O)N1C[C@H]2CC[C@@H]1CN(C1Cc3ccccc3C1)C2. The Balaban J connectivity index is 1.35. The predicted octanol–water partition coefficient (Wildman–Crippen LogP) is 2.55. The molecule has 2 aromatic rings. The normalized spacial score (nSPS) is 26.1. The molecule has 0 radical (unpaired) electrons. The van der Waals surface area contributed by atoms with Crippen molar-refractivity contribution >= 4 is 17.4 Å². The Morgan fingerprint density at radius 2 is 1.85 bits per heavy atom. The summed E-state index contributed by atoms with van der Waals surface area (Å²) in [4.78, 5) is 18.6. The number of benzene rings is 1. The molecule has 2 atom stereocenters. The zero-order valence-electron chi connectivity index (χ0n) is 15.1. The van der Waals surface area contributed by atoms with Crippen LogP contribution >= 0.6 is 11.5 Å². The van der Waals surface area contributed by atoms with Crippen LogP contribution in [0.4, 0.5) is 0 Å². The highest BCUT2D eigenvalue weighted by Crippen LogP contribution is 2.34. The van der Waals surface area contributed by atoms with Gasteiger partial charge in [-0.1, -0.05) is 28.8 Å². The summed E-state index contributed by atoms with van der Waals surface area (Å²) in [5.74, 6) is 0.728. The predicted molar refractivity (Wildman–Crippen MR) is 101 cm³/mol. The van der Waals surface area contributed by atoms with Gasteiger partial charge in [-0.2, -0.15) is 0 Å². The van der Waals surface area contributed by atoms with E-state index in [1.807, 2.05) is 6.92 Å². The van der Waals surface area contributed by atoms with E-state index in [0.29, 0.717) is 18.0 Å². The first-order valence-corrected chi connectivity index (χ1v) is 10.4. The molecule has 3 saturated heterocycles. The fraction of sp³-hybridized carbons (Fsp3) is 0.550. The maximum absolute atomic E-state index is 13.1. The van der Waals surface area contributed by atoms with Gasteiger partial charge in [-0.25, -0.2) is 0 Å². The van der Waals surface area contributed by atoms with Gasteiger partial charge >= 0.3 is 0 Å². The molecule has 1 amide bonds. The Kier molecular flexibility index (Phi) is 4.05. The molecule has 26 heavy (non-hydrogen) atoms. The number of carbonyl (C=O) groups is 1. The highest BCUT2D eigenvalue weighted by molar-refractivity contribution is 7.07. The summed E-state index contributed by atoms with van der Waals surface area (Å²) in [5.41, 5.74) is 3.78. The standard InChI is InChI=1S/C20H24N4OS/c1-13-19(26-22-21-13)20(25)24-11-14-6-7-17(24)12-23(10-14)18-8-15-4-2-3-5-16(15)9-18/h2-5,14,17-18H,6-12H2,1H3/t14-,17+/m0/s1. The number of hydrogen-bond acceptors (Lipinski definition) is 5. The minimum Gasteiger partial charge on any atom is -0.333 e. The second-order valence-corrected chi connectivity index (χ2v) is 8.78. The molecule has 0 unspecified atom stereocenters. The molecule has 0 N–H and O–H groups in total. The fourth-order valence-corrected chi connectivity index (χ4v) is 5.63. The minimum atomic E-state index is 0.142. The van der Waals surface area contributed by atoms with Crippen LogP contribution in [0.2, 0.25) is 0 Å². The van der Waals surface area contributed by atoms with Crippen molar-refractivity contribution < 1.29 is 4.79 Å². The maximum Gasteiger partial charge on any atom is 0.267 e. The van der Waals surface area contributed by atoms with Crippen molar-refractivity contribution in [3.8, 4) is 0 Å². The monoisotopic (exact) mass is 368 g/mol. The van der Waals surface area contributed by atoms with Gasteiger partial charge in [0.15, 0.2) is 0 Å². The summed E-state index contributed by atoms with van der Waals surface area (Å²) < 4.78 is 3.96. The molecular formula is C20H24N4OS. The van der Waals surface area contributed by atoms with Gasteiger partial charge in [-0.15, -0.1) is 5.10 Å². The summed E-state index contributed by atoms with van der Waals surface area (Å²) in [6, 6.07) is 9.77. The smallest absolute Gasteiger partial charge is 0.267 e. The van der Waals surface area contributed by atoms with E-state index in [9.17, 15) is 4.79 Å². The second-order valence-electron chi connectivity index (χ2n) is 8.03. The topological polar surface area (TPSA) is 49.3 Å². The van der Waals surface area contributed by atoms with E-state index in [4.69, 9.17) is 0 Å². The Hall–Kier alpha value is -1.79. The van der Waals surface area contributed by atoms with Gasteiger partial charge in [-0.05, 0) is 61.2 Å². The largest absolute Gasteiger partial charge is 0.333 e. The van der Waals surface area contributed by atoms with Gasteiger partial charge in [0.1, 0.15) is 4.88 Å². The van der Waals surface area contributed by atoms with Gasteiger partial charge in [-0.3, -0.25) is 9.69 Å². The molecular weight excluding hydrogens is 344 g/mol. The molecule has 2 bridgehead atoms. The summed E-state index contributed by atoms with van der Waals surface area (Å²) >= 11 is 1.24. The Labute approximate surface area is 158 Å². The van der Waals surface area contributed by atoms with Crippen molar-refractivity contribution in [2.45, 2.75) is 44.7 Å². The third-order valence-electron chi connectivity index (χ3n) is 6.39. The number of piperidine rings is 1. The molecule has 6 heteroatoms. The van der Waals surface area contributed by atoms with Crippen LogP contribution in [0, 0.1) is 12.8 Å². The molecule has 4 heterocycles. The van der Waals surface area contributed by atoms with Crippen molar-refractivity contribution in [1.82, 2.24) is 19.4 Å². The molecule has 0 saturated carbocycles. The average molecular weight is 369 g/mol. The molecule has 5 nitrogen and oxygen atoms in total. The number of rotatable bonds is 2. The Morgan fingerprint density at radius 3 is 2.54 bits per heavy atom.